The third-order valence-corrected chi connectivity index (χ3v) is 3.71. The van der Waals surface area contributed by atoms with Gasteiger partial charge in [-0.1, -0.05) is 63.9 Å². The number of nitrogens with one attached hydrogen (secondary N) is 1. The average Bonchev–Trinajstić information content (AvgIpc) is 2.58. The number of halogens is 2. The van der Waals surface area contributed by atoms with E-state index in [2.05, 4.69) is 26.5 Å². The zero-order valence-electron chi connectivity index (χ0n) is 13.0. The summed E-state index contributed by atoms with van der Waals surface area (Å²) in [6.45, 7) is 1.63. The molecule has 2 aromatic rings. The molecule has 1 amide bonds. The Balaban J connectivity index is 1.82. The molecule has 1 N–H and O–H groups in total. The molecule has 0 aliphatic rings. The molecule has 0 bridgehead atoms. The quantitative estimate of drug-likeness (QED) is 0.558. The number of hydrogen-bond donors (Lipinski definition) is 1. The first kappa shape index (κ1) is 18.2. The van der Waals surface area contributed by atoms with Gasteiger partial charge in [0.2, 0.25) is 0 Å². The summed E-state index contributed by atoms with van der Waals surface area (Å²) in [4.78, 5) is 11.8. The Kier molecular flexibility index (Phi) is 7.03. The van der Waals surface area contributed by atoms with Crippen molar-refractivity contribution in [1.82, 2.24) is 5.43 Å². The van der Waals surface area contributed by atoms with Crippen molar-refractivity contribution in [3.8, 4) is 5.75 Å². The summed E-state index contributed by atoms with van der Waals surface area (Å²) in [6.07, 6.45) is 3.74. The molecule has 124 valence electrons. The van der Waals surface area contributed by atoms with Crippen molar-refractivity contribution in [3.63, 3.8) is 0 Å². The lowest BCUT2D eigenvalue weighted by molar-refractivity contribution is -0.123. The van der Waals surface area contributed by atoms with Gasteiger partial charge in [0.1, 0.15) is 5.75 Å². The minimum absolute atomic E-state index is 0.166. The Labute approximate surface area is 154 Å². The minimum Gasteiger partial charge on any atom is -0.482 e. The van der Waals surface area contributed by atoms with E-state index >= 15 is 0 Å². The molecule has 0 unspecified atom stereocenters. The van der Waals surface area contributed by atoms with Gasteiger partial charge < -0.3 is 4.74 Å². The Morgan fingerprint density at radius 3 is 2.75 bits per heavy atom. The molecule has 0 atom stereocenters. The predicted octanol–water partition coefficient (Wildman–Crippen LogP) is 4.69. The predicted molar refractivity (Wildman–Crippen MR) is 101 cm³/mol. The standard InChI is InChI=1S/C18H16BrClN2O2/c1-13(7-8-14-5-3-2-4-6-14)21-22-18(23)12-24-17-10-9-15(19)11-16(17)20/h2-11H,12H2,1H3,(H,22,23)/b8-7+,21-13+. The van der Waals surface area contributed by atoms with Crippen LogP contribution in [0.2, 0.25) is 5.02 Å². The van der Waals surface area contributed by atoms with Crippen molar-refractivity contribution in [2.24, 2.45) is 5.10 Å². The van der Waals surface area contributed by atoms with E-state index in [0.29, 0.717) is 16.5 Å². The molecule has 0 fully saturated rings. The summed E-state index contributed by atoms with van der Waals surface area (Å²) in [6, 6.07) is 15.0. The highest BCUT2D eigenvalue weighted by Crippen LogP contribution is 2.27. The number of benzene rings is 2. The van der Waals surface area contributed by atoms with Gasteiger partial charge >= 0.3 is 0 Å². The van der Waals surface area contributed by atoms with E-state index in [1.165, 1.54) is 0 Å². The van der Waals surface area contributed by atoms with Gasteiger partial charge in [0.15, 0.2) is 6.61 Å². The SMILES string of the molecule is CC(/C=C/c1ccccc1)=N\NC(=O)COc1ccc(Br)cc1Cl. The van der Waals surface area contributed by atoms with Crippen LogP contribution in [0.1, 0.15) is 12.5 Å². The highest BCUT2D eigenvalue weighted by atomic mass is 79.9. The molecule has 4 nitrogen and oxygen atoms in total. The maximum absolute atomic E-state index is 11.8. The van der Waals surface area contributed by atoms with E-state index in [1.807, 2.05) is 42.5 Å². The fraction of sp³-hybridized carbons (Fsp3) is 0.111. The average molecular weight is 408 g/mol. The minimum atomic E-state index is -0.360. The first-order chi connectivity index (χ1) is 11.5. The highest BCUT2D eigenvalue weighted by molar-refractivity contribution is 9.10. The summed E-state index contributed by atoms with van der Waals surface area (Å²) in [7, 11) is 0. The van der Waals surface area contributed by atoms with Gasteiger partial charge in [0, 0.05) is 4.47 Å². The summed E-state index contributed by atoms with van der Waals surface area (Å²) >= 11 is 9.32. The molecule has 0 aromatic heterocycles. The van der Waals surface area contributed by atoms with E-state index in [4.69, 9.17) is 16.3 Å². The molecule has 0 aliphatic heterocycles. The van der Waals surface area contributed by atoms with Gasteiger partial charge in [-0.25, -0.2) is 5.43 Å². The van der Waals surface area contributed by atoms with Crippen molar-refractivity contribution in [3.05, 3.63) is 69.7 Å². The molecule has 0 saturated heterocycles. The molecule has 6 heteroatoms. The fourth-order valence-corrected chi connectivity index (χ4v) is 2.46. The van der Waals surface area contributed by atoms with E-state index in [9.17, 15) is 4.79 Å². The van der Waals surface area contributed by atoms with Crippen LogP contribution >= 0.6 is 27.5 Å². The van der Waals surface area contributed by atoms with Gasteiger partial charge in [-0.15, -0.1) is 0 Å². The Hall–Kier alpha value is -2.11. The monoisotopic (exact) mass is 406 g/mol. The van der Waals surface area contributed by atoms with Crippen LogP contribution in [-0.2, 0) is 4.79 Å². The second kappa shape index (κ2) is 9.25. The topological polar surface area (TPSA) is 50.7 Å². The number of allylic oxidation sites excluding steroid dienone is 1. The van der Waals surface area contributed by atoms with Crippen LogP contribution in [0, 0.1) is 0 Å². The lowest BCUT2D eigenvalue weighted by atomic mass is 10.2. The van der Waals surface area contributed by atoms with Crippen molar-refractivity contribution in [1.29, 1.82) is 0 Å². The zero-order valence-corrected chi connectivity index (χ0v) is 15.3. The summed E-state index contributed by atoms with van der Waals surface area (Å²) in [5, 5.41) is 4.43. The Morgan fingerprint density at radius 2 is 2.04 bits per heavy atom. The third kappa shape index (κ3) is 6.18. The summed E-state index contributed by atoms with van der Waals surface area (Å²) in [5.41, 5.74) is 4.18. The van der Waals surface area contributed by atoms with E-state index < -0.39 is 0 Å². The molecule has 2 aromatic carbocycles. The number of nitrogens with zero attached hydrogens (tertiary/aromatic N) is 1. The van der Waals surface area contributed by atoms with Crippen LogP contribution in [0.4, 0.5) is 0 Å². The molecule has 24 heavy (non-hydrogen) atoms. The largest absolute Gasteiger partial charge is 0.482 e. The molecule has 0 spiro atoms. The van der Waals surface area contributed by atoms with Crippen molar-refractivity contribution < 1.29 is 9.53 Å². The summed E-state index contributed by atoms with van der Waals surface area (Å²) in [5.74, 6) is 0.0844. The van der Waals surface area contributed by atoms with E-state index in [1.54, 1.807) is 25.1 Å². The molecule has 0 saturated carbocycles. The summed E-state index contributed by atoms with van der Waals surface area (Å²) < 4.78 is 6.21. The van der Waals surface area contributed by atoms with Gasteiger partial charge in [0.05, 0.1) is 10.7 Å². The van der Waals surface area contributed by atoms with Crippen LogP contribution in [0.3, 0.4) is 0 Å². The van der Waals surface area contributed by atoms with E-state index in [-0.39, 0.29) is 12.5 Å². The number of rotatable bonds is 6. The maximum atomic E-state index is 11.8. The van der Waals surface area contributed by atoms with Crippen LogP contribution < -0.4 is 10.2 Å². The third-order valence-electron chi connectivity index (χ3n) is 2.93. The lowest BCUT2D eigenvalue weighted by Crippen LogP contribution is -2.25. The number of hydrazone groups is 1. The first-order valence-electron chi connectivity index (χ1n) is 7.19. The number of carbonyl (C=O) groups excluding carboxylic acids is 1. The number of ether oxygens (including phenoxy) is 1. The molecular formula is C18H16BrClN2O2. The van der Waals surface area contributed by atoms with E-state index in [0.717, 1.165) is 10.0 Å². The van der Waals surface area contributed by atoms with Crippen molar-refractivity contribution in [2.45, 2.75) is 6.92 Å². The molecule has 2 rings (SSSR count). The van der Waals surface area contributed by atoms with Crippen LogP contribution in [-0.4, -0.2) is 18.2 Å². The molecule has 0 radical (unpaired) electrons. The molecule has 0 aliphatic carbocycles. The lowest BCUT2D eigenvalue weighted by Gasteiger charge is -2.07. The number of carbonyl (C=O) groups is 1. The number of amides is 1. The van der Waals surface area contributed by atoms with Crippen LogP contribution in [0.15, 0.2) is 64.2 Å². The first-order valence-corrected chi connectivity index (χ1v) is 8.36. The number of hydrogen-bond acceptors (Lipinski definition) is 3. The van der Waals surface area contributed by atoms with Crippen LogP contribution in [0.25, 0.3) is 6.08 Å². The molecule has 0 heterocycles. The van der Waals surface area contributed by atoms with Gasteiger partial charge in [-0.3, -0.25) is 4.79 Å². The van der Waals surface area contributed by atoms with Crippen molar-refractivity contribution in [2.75, 3.05) is 6.61 Å². The fourth-order valence-electron chi connectivity index (χ4n) is 1.74. The Morgan fingerprint density at radius 1 is 1.29 bits per heavy atom. The molecular weight excluding hydrogens is 392 g/mol. The van der Waals surface area contributed by atoms with Gasteiger partial charge in [-0.2, -0.15) is 5.10 Å². The van der Waals surface area contributed by atoms with Gasteiger partial charge in [-0.05, 0) is 36.8 Å². The second-order valence-corrected chi connectivity index (χ2v) is 6.22. The highest BCUT2D eigenvalue weighted by Gasteiger charge is 2.05. The normalized spacial score (nSPS) is 11.5. The second-order valence-electron chi connectivity index (χ2n) is 4.90. The smallest absolute Gasteiger partial charge is 0.277 e. The Bertz CT molecular complexity index is 761. The van der Waals surface area contributed by atoms with Gasteiger partial charge in [0.25, 0.3) is 5.91 Å². The van der Waals surface area contributed by atoms with Crippen molar-refractivity contribution >= 4 is 45.2 Å². The zero-order chi connectivity index (χ0) is 17.4. The maximum Gasteiger partial charge on any atom is 0.277 e. The van der Waals surface area contributed by atoms with Crippen LogP contribution in [0.5, 0.6) is 5.75 Å².